The lowest BCUT2D eigenvalue weighted by Gasteiger charge is -2.37. The molecule has 1 saturated heterocycles. The van der Waals surface area contributed by atoms with Crippen molar-refractivity contribution < 1.29 is 14.7 Å². The number of carboxylic acids is 1. The number of hydrogen-bond donors (Lipinski definition) is 1. The van der Waals surface area contributed by atoms with Gasteiger partial charge in [0.05, 0.1) is 17.1 Å². The third-order valence-electron chi connectivity index (χ3n) is 4.58. The third kappa shape index (κ3) is 3.06. The molecule has 1 aliphatic rings. The normalized spacial score (nSPS) is 21.1. The number of fused-ring (bicyclic) bond motifs is 1. The van der Waals surface area contributed by atoms with E-state index in [-0.39, 0.29) is 31.0 Å². The molecule has 0 spiro atoms. The van der Waals surface area contributed by atoms with Gasteiger partial charge in [0, 0.05) is 26.1 Å². The number of nitrogens with zero attached hydrogens (tertiary/aromatic N) is 3. The van der Waals surface area contributed by atoms with Gasteiger partial charge in [-0.25, -0.2) is 4.98 Å². The molecule has 1 amide bonds. The fourth-order valence-corrected chi connectivity index (χ4v) is 3.78. The zero-order valence-corrected chi connectivity index (χ0v) is 14.2. The van der Waals surface area contributed by atoms with Gasteiger partial charge >= 0.3 is 5.97 Å². The molecular formula is C16H19N3O4S. The van der Waals surface area contributed by atoms with E-state index in [1.807, 2.05) is 5.38 Å². The maximum atomic E-state index is 12.4. The van der Waals surface area contributed by atoms with Crippen LogP contribution in [0.4, 0.5) is 0 Å². The van der Waals surface area contributed by atoms with E-state index >= 15 is 0 Å². The average molecular weight is 349 g/mol. The number of hydrogen-bond acceptors (Lipinski definition) is 5. The highest BCUT2D eigenvalue weighted by Gasteiger charge is 2.39. The van der Waals surface area contributed by atoms with E-state index < -0.39 is 11.4 Å². The van der Waals surface area contributed by atoms with Gasteiger partial charge in [-0.2, -0.15) is 0 Å². The van der Waals surface area contributed by atoms with Crippen molar-refractivity contribution >= 4 is 33.4 Å². The zero-order valence-electron chi connectivity index (χ0n) is 13.4. The maximum Gasteiger partial charge on any atom is 0.311 e. The number of thiophene rings is 1. The molecule has 0 aliphatic carbocycles. The maximum absolute atomic E-state index is 12.4. The summed E-state index contributed by atoms with van der Waals surface area (Å²) >= 11 is 1.40. The minimum absolute atomic E-state index is 0.125. The monoisotopic (exact) mass is 349 g/mol. The Morgan fingerprint density at radius 1 is 1.46 bits per heavy atom. The van der Waals surface area contributed by atoms with E-state index in [1.165, 1.54) is 22.2 Å². The molecular weight excluding hydrogens is 330 g/mol. The average Bonchev–Trinajstić information content (AvgIpc) is 3.03. The lowest BCUT2D eigenvalue weighted by Crippen LogP contribution is -2.48. The molecule has 1 N–H and O–H groups in total. The third-order valence-corrected chi connectivity index (χ3v) is 5.40. The predicted molar refractivity (Wildman–Crippen MR) is 90.1 cm³/mol. The quantitative estimate of drug-likeness (QED) is 0.904. The van der Waals surface area contributed by atoms with Crippen LogP contribution in [0.3, 0.4) is 0 Å². The Labute approximate surface area is 142 Å². The molecule has 3 heterocycles. The van der Waals surface area contributed by atoms with Crippen LogP contribution < -0.4 is 5.56 Å². The molecule has 0 radical (unpaired) electrons. The number of aromatic nitrogens is 2. The predicted octanol–water partition coefficient (Wildman–Crippen LogP) is 1.56. The first-order valence-corrected chi connectivity index (χ1v) is 8.72. The summed E-state index contributed by atoms with van der Waals surface area (Å²) in [7, 11) is 0. The van der Waals surface area contributed by atoms with Crippen LogP contribution in [0.25, 0.3) is 10.2 Å². The van der Waals surface area contributed by atoms with Gasteiger partial charge in [-0.15, -0.1) is 11.3 Å². The molecule has 24 heavy (non-hydrogen) atoms. The van der Waals surface area contributed by atoms with Crippen molar-refractivity contribution in [3.05, 3.63) is 28.1 Å². The van der Waals surface area contributed by atoms with E-state index in [0.717, 1.165) is 0 Å². The van der Waals surface area contributed by atoms with Gasteiger partial charge in [0.15, 0.2) is 0 Å². The van der Waals surface area contributed by atoms with Gasteiger partial charge in [-0.1, -0.05) is 0 Å². The van der Waals surface area contributed by atoms with Gasteiger partial charge in [0.1, 0.15) is 4.83 Å². The van der Waals surface area contributed by atoms with Crippen LogP contribution in [-0.2, 0) is 16.1 Å². The molecule has 2 aromatic rings. The van der Waals surface area contributed by atoms with Gasteiger partial charge in [-0.05, 0) is 31.2 Å². The first-order chi connectivity index (χ1) is 11.4. The minimum Gasteiger partial charge on any atom is -0.481 e. The highest BCUT2D eigenvalue weighted by molar-refractivity contribution is 7.16. The highest BCUT2D eigenvalue weighted by atomic mass is 32.1. The summed E-state index contributed by atoms with van der Waals surface area (Å²) in [6.45, 7) is 2.71. The molecule has 3 rings (SSSR count). The van der Waals surface area contributed by atoms with E-state index in [9.17, 15) is 19.5 Å². The Morgan fingerprint density at radius 3 is 3.00 bits per heavy atom. The summed E-state index contributed by atoms with van der Waals surface area (Å²) in [5.74, 6) is -0.997. The lowest BCUT2D eigenvalue weighted by atomic mass is 9.82. The first kappa shape index (κ1) is 16.6. The van der Waals surface area contributed by atoms with Crippen molar-refractivity contribution in [1.29, 1.82) is 0 Å². The molecule has 1 fully saturated rings. The second kappa shape index (κ2) is 6.35. The summed E-state index contributed by atoms with van der Waals surface area (Å²) in [4.78, 5) is 42.6. The molecule has 8 heteroatoms. The van der Waals surface area contributed by atoms with E-state index in [0.29, 0.717) is 29.6 Å². The van der Waals surface area contributed by atoms with Crippen LogP contribution in [0.1, 0.15) is 26.2 Å². The van der Waals surface area contributed by atoms with Crippen molar-refractivity contribution in [2.45, 2.75) is 32.7 Å². The van der Waals surface area contributed by atoms with Crippen molar-refractivity contribution in [3.63, 3.8) is 0 Å². The molecule has 2 aromatic heterocycles. The Kier molecular flexibility index (Phi) is 4.40. The van der Waals surface area contributed by atoms with Gasteiger partial charge in [-0.3, -0.25) is 19.0 Å². The Morgan fingerprint density at radius 2 is 2.25 bits per heavy atom. The highest BCUT2D eigenvalue weighted by Crippen LogP contribution is 2.30. The van der Waals surface area contributed by atoms with Gasteiger partial charge in [0.25, 0.3) is 5.56 Å². The molecule has 1 aliphatic heterocycles. The Bertz CT molecular complexity index is 843. The second-order valence-corrected chi connectivity index (χ2v) is 7.31. The summed E-state index contributed by atoms with van der Waals surface area (Å²) in [5.41, 5.74) is -1.04. The number of carbonyl (C=O) groups is 2. The number of rotatable bonds is 4. The topological polar surface area (TPSA) is 92.5 Å². The van der Waals surface area contributed by atoms with Crippen LogP contribution in [0.15, 0.2) is 22.6 Å². The number of amides is 1. The number of piperidine rings is 1. The summed E-state index contributed by atoms with van der Waals surface area (Å²) < 4.78 is 1.44. The molecule has 128 valence electrons. The number of aliphatic carboxylic acids is 1. The first-order valence-electron chi connectivity index (χ1n) is 7.84. The summed E-state index contributed by atoms with van der Waals surface area (Å²) in [6.07, 6.45) is 2.88. The van der Waals surface area contributed by atoms with E-state index in [1.54, 1.807) is 17.9 Å². The van der Waals surface area contributed by atoms with Crippen LogP contribution >= 0.6 is 11.3 Å². The number of aryl methyl sites for hydroxylation is 1. The minimum atomic E-state index is -0.887. The van der Waals surface area contributed by atoms with Crippen LogP contribution in [-0.4, -0.2) is 44.5 Å². The number of likely N-dealkylation sites (tertiary alicyclic amines) is 1. The van der Waals surface area contributed by atoms with Crippen molar-refractivity contribution in [3.8, 4) is 0 Å². The number of carbonyl (C=O) groups excluding carboxylic acids is 1. The fourth-order valence-electron chi connectivity index (χ4n) is 3.05. The van der Waals surface area contributed by atoms with Crippen molar-refractivity contribution in [2.75, 3.05) is 13.1 Å². The van der Waals surface area contributed by atoms with Crippen LogP contribution in [0, 0.1) is 5.41 Å². The second-order valence-electron chi connectivity index (χ2n) is 6.42. The Hall–Kier alpha value is -2.22. The van der Waals surface area contributed by atoms with E-state index in [4.69, 9.17) is 0 Å². The zero-order chi connectivity index (χ0) is 17.3. The van der Waals surface area contributed by atoms with E-state index in [2.05, 4.69) is 4.98 Å². The number of carboxylic acid groups (broad SMARTS) is 1. The van der Waals surface area contributed by atoms with Crippen LogP contribution in [0.2, 0.25) is 0 Å². The summed E-state index contributed by atoms with van der Waals surface area (Å²) in [6, 6.07) is 1.73. The SMILES string of the molecule is CC1(C(=O)O)CCCN(C(=O)CCn2cnc3sccc3c2=O)C1. The van der Waals surface area contributed by atoms with Gasteiger partial charge < -0.3 is 10.0 Å². The van der Waals surface area contributed by atoms with Crippen LogP contribution in [0.5, 0.6) is 0 Å². The van der Waals surface area contributed by atoms with Gasteiger partial charge in [0.2, 0.25) is 5.91 Å². The molecule has 0 aromatic carbocycles. The Balaban J connectivity index is 1.67. The molecule has 7 nitrogen and oxygen atoms in total. The standard InChI is InChI=1S/C16H19N3O4S/c1-16(15(22)23)5-2-6-18(9-16)12(20)3-7-19-10-17-13-11(14(19)21)4-8-24-13/h4,8,10H,2-3,5-7,9H2,1H3,(H,22,23). The lowest BCUT2D eigenvalue weighted by molar-refractivity contribution is -0.153. The molecule has 1 unspecified atom stereocenters. The smallest absolute Gasteiger partial charge is 0.311 e. The molecule has 0 bridgehead atoms. The molecule has 0 saturated carbocycles. The molecule has 1 atom stereocenters. The summed E-state index contributed by atoms with van der Waals surface area (Å²) in [5, 5.41) is 11.7. The largest absolute Gasteiger partial charge is 0.481 e. The van der Waals surface area contributed by atoms with Crippen molar-refractivity contribution in [2.24, 2.45) is 5.41 Å². The fraction of sp³-hybridized carbons (Fsp3) is 0.500. The van der Waals surface area contributed by atoms with Crippen molar-refractivity contribution in [1.82, 2.24) is 14.5 Å².